The lowest BCUT2D eigenvalue weighted by Gasteiger charge is -2.15. The van der Waals surface area contributed by atoms with Gasteiger partial charge in [0.05, 0.1) is 0 Å². The molecule has 0 atom stereocenters. The first-order valence-electron chi connectivity index (χ1n) is 5.34. The van der Waals surface area contributed by atoms with Crippen molar-refractivity contribution < 1.29 is 4.79 Å². The van der Waals surface area contributed by atoms with Crippen LogP contribution in [0.25, 0.3) is 0 Å². The zero-order valence-electron chi connectivity index (χ0n) is 9.31. The number of Topliss-reactive ketones (excluding diaryl/α,β-unsaturated/α-hetero) is 1. The van der Waals surface area contributed by atoms with E-state index in [0.717, 1.165) is 19.4 Å². The van der Waals surface area contributed by atoms with Crippen molar-refractivity contribution in [2.24, 2.45) is 0 Å². The first-order chi connectivity index (χ1) is 6.16. The summed E-state index contributed by atoms with van der Waals surface area (Å²) in [4.78, 5) is 13.0. The van der Waals surface area contributed by atoms with Crippen LogP contribution in [0.5, 0.6) is 0 Å². The second kappa shape index (κ2) is 8.24. The molecule has 13 heavy (non-hydrogen) atoms. The predicted molar refractivity (Wildman–Crippen MR) is 56.9 cm³/mol. The number of hydrogen-bond acceptors (Lipinski definition) is 2. The van der Waals surface area contributed by atoms with Gasteiger partial charge in [-0.1, -0.05) is 19.8 Å². The van der Waals surface area contributed by atoms with E-state index >= 15 is 0 Å². The van der Waals surface area contributed by atoms with Crippen LogP contribution in [0.4, 0.5) is 0 Å². The first kappa shape index (κ1) is 12.6. The number of unbranched alkanes of at least 4 members (excludes halogenated alkanes) is 2. The molecule has 0 bridgehead atoms. The van der Waals surface area contributed by atoms with Crippen LogP contribution in [0.15, 0.2) is 0 Å². The molecule has 0 saturated heterocycles. The lowest BCUT2D eigenvalue weighted by molar-refractivity contribution is -0.117. The van der Waals surface area contributed by atoms with Gasteiger partial charge in [0.25, 0.3) is 0 Å². The molecule has 0 aromatic heterocycles. The zero-order chi connectivity index (χ0) is 10.1. The summed E-state index contributed by atoms with van der Waals surface area (Å²) >= 11 is 0. The standard InChI is InChI=1S/C11H23NO/c1-4-5-6-9-12(3)10-7-8-11(2)13/h4-10H2,1-3H3. The van der Waals surface area contributed by atoms with Crippen LogP contribution >= 0.6 is 0 Å². The zero-order valence-corrected chi connectivity index (χ0v) is 9.31. The molecule has 2 heteroatoms. The Morgan fingerprint density at radius 2 is 1.77 bits per heavy atom. The molecule has 0 aliphatic heterocycles. The van der Waals surface area contributed by atoms with Crippen molar-refractivity contribution in [3.63, 3.8) is 0 Å². The highest BCUT2D eigenvalue weighted by atomic mass is 16.1. The summed E-state index contributed by atoms with van der Waals surface area (Å²) in [6.07, 6.45) is 5.63. The van der Waals surface area contributed by atoms with Crippen molar-refractivity contribution in [2.75, 3.05) is 20.1 Å². The minimum Gasteiger partial charge on any atom is -0.306 e. The maximum Gasteiger partial charge on any atom is 0.129 e. The summed E-state index contributed by atoms with van der Waals surface area (Å²) in [5.41, 5.74) is 0. The Bertz CT molecular complexity index is 134. The fourth-order valence-electron chi connectivity index (χ4n) is 1.34. The van der Waals surface area contributed by atoms with Gasteiger partial charge in [-0.25, -0.2) is 0 Å². The Balaban J connectivity index is 3.19. The summed E-state index contributed by atoms with van der Waals surface area (Å²) in [6, 6.07) is 0. The summed E-state index contributed by atoms with van der Waals surface area (Å²) < 4.78 is 0. The average Bonchev–Trinajstić information content (AvgIpc) is 2.04. The van der Waals surface area contributed by atoms with Gasteiger partial charge >= 0.3 is 0 Å². The quantitative estimate of drug-likeness (QED) is 0.541. The summed E-state index contributed by atoms with van der Waals surface area (Å²) in [5, 5.41) is 0. The number of carbonyl (C=O) groups excluding carboxylic acids is 1. The molecule has 0 rings (SSSR count). The maximum atomic E-state index is 10.7. The van der Waals surface area contributed by atoms with Gasteiger partial charge in [0.15, 0.2) is 0 Å². The Hall–Kier alpha value is -0.370. The molecule has 0 aliphatic rings. The van der Waals surface area contributed by atoms with Crippen molar-refractivity contribution in [3.05, 3.63) is 0 Å². The van der Waals surface area contributed by atoms with E-state index in [2.05, 4.69) is 18.9 Å². The molecule has 0 unspecified atom stereocenters. The summed E-state index contributed by atoms with van der Waals surface area (Å²) in [6.45, 7) is 6.11. The highest BCUT2D eigenvalue weighted by Gasteiger charge is 1.98. The maximum absolute atomic E-state index is 10.7. The molecule has 2 nitrogen and oxygen atoms in total. The van der Waals surface area contributed by atoms with Crippen molar-refractivity contribution in [2.45, 2.75) is 46.0 Å². The molecule has 0 N–H and O–H groups in total. The third kappa shape index (κ3) is 9.54. The summed E-state index contributed by atoms with van der Waals surface area (Å²) in [7, 11) is 2.13. The van der Waals surface area contributed by atoms with Gasteiger partial charge in [-0.2, -0.15) is 0 Å². The van der Waals surface area contributed by atoms with Crippen LogP contribution in [0.3, 0.4) is 0 Å². The number of nitrogens with zero attached hydrogens (tertiary/aromatic N) is 1. The van der Waals surface area contributed by atoms with Gasteiger partial charge < -0.3 is 9.69 Å². The predicted octanol–water partition coefficient (Wildman–Crippen LogP) is 2.48. The molecule has 0 saturated carbocycles. The monoisotopic (exact) mass is 185 g/mol. The van der Waals surface area contributed by atoms with Crippen molar-refractivity contribution >= 4 is 5.78 Å². The van der Waals surface area contributed by atoms with Crippen LogP contribution < -0.4 is 0 Å². The first-order valence-corrected chi connectivity index (χ1v) is 5.34. The Morgan fingerprint density at radius 1 is 1.15 bits per heavy atom. The van der Waals surface area contributed by atoms with E-state index in [1.54, 1.807) is 6.92 Å². The van der Waals surface area contributed by atoms with E-state index in [9.17, 15) is 4.79 Å². The molecule has 78 valence electrons. The van der Waals surface area contributed by atoms with Crippen molar-refractivity contribution in [3.8, 4) is 0 Å². The molecule has 0 aliphatic carbocycles. The Labute approximate surface area is 82.3 Å². The van der Waals surface area contributed by atoms with E-state index in [1.165, 1.54) is 25.8 Å². The van der Waals surface area contributed by atoms with Gasteiger partial charge in [0.1, 0.15) is 5.78 Å². The molecule has 0 amide bonds. The fourth-order valence-corrected chi connectivity index (χ4v) is 1.34. The second-order valence-electron chi connectivity index (χ2n) is 3.82. The Kier molecular flexibility index (Phi) is 8.00. The van der Waals surface area contributed by atoms with Crippen LogP contribution in [0, 0.1) is 0 Å². The second-order valence-corrected chi connectivity index (χ2v) is 3.82. The number of rotatable bonds is 8. The van der Waals surface area contributed by atoms with Crippen LogP contribution in [-0.4, -0.2) is 30.8 Å². The minimum atomic E-state index is 0.307. The van der Waals surface area contributed by atoms with E-state index < -0.39 is 0 Å². The van der Waals surface area contributed by atoms with Crippen LogP contribution in [0.1, 0.15) is 46.0 Å². The van der Waals surface area contributed by atoms with Crippen molar-refractivity contribution in [1.82, 2.24) is 4.90 Å². The molecule has 0 heterocycles. The highest BCUT2D eigenvalue weighted by Crippen LogP contribution is 1.98. The van der Waals surface area contributed by atoms with E-state index in [0.29, 0.717) is 5.78 Å². The Morgan fingerprint density at radius 3 is 2.31 bits per heavy atom. The van der Waals surface area contributed by atoms with Gasteiger partial charge in [0, 0.05) is 6.42 Å². The molecule has 0 fully saturated rings. The third-order valence-electron chi connectivity index (χ3n) is 2.21. The van der Waals surface area contributed by atoms with Gasteiger partial charge in [-0.05, 0) is 39.9 Å². The number of carbonyl (C=O) groups is 1. The molecule has 0 aromatic rings. The minimum absolute atomic E-state index is 0.307. The number of hydrogen-bond donors (Lipinski definition) is 0. The lowest BCUT2D eigenvalue weighted by Crippen LogP contribution is -2.21. The largest absolute Gasteiger partial charge is 0.306 e. The van der Waals surface area contributed by atoms with Crippen LogP contribution in [0.2, 0.25) is 0 Å². The van der Waals surface area contributed by atoms with Gasteiger partial charge in [-0.3, -0.25) is 0 Å². The molecule has 0 aromatic carbocycles. The van der Waals surface area contributed by atoms with Crippen LogP contribution in [-0.2, 0) is 4.79 Å². The third-order valence-corrected chi connectivity index (χ3v) is 2.21. The molecule has 0 spiro atoms. The molecular weight excluding hydrogens is 162 g/mol. The van der Waals surface area contributed by atoms with Gasteiger partial charge in [0.2, 0.25) is 0 Å². The topological polar surface area (TPSA) is 20.3 Å². The average molecular weight is 185 g/mol. The fraction of sp³-hybridized carbons (Fsp3) is 0.909. The van der Waals surface area contributed by atoms with E-state index in [-0.39, 0.29) is 0 Å². The van der Waals surface area contributed by atoms with Gasteiger partial charge in [-0.15, -0.1) is 0 Å². The normalized spacial score (nSPS) is 10.8. The smallest absolute Gasteiger partial charge is 0.129 e. The SMILES string of the molecule is CCCCCN(C)CCCC(C)=O. The van der Waals surface area contributed by atoms with Crippen molar-refractivity contribution in [1.29, 1.82) is 0 Å². The summed E-state index contributed by atoms with van der Waals surface area (Å²) in [5.74, 6) is 0.307. The van der Waals surface area contributed by atoms with E-state index in [1.807, 2.05) is 0 Å². The number of ketones is 1. The lowest BCUT2D eigenvalue weighted by atomic mass is 10.2. The van der Waals surface area contributed by atoms with E-state index in [4.69, 9.17) is 0 Å². The molecular formula is C11H23NO. The molecule has 0 radical (unpaired) electrons. The highest BCUT2D eigenvalue weighted by molar-refractivity contribution is 5.75.